The van der Waals surface area contributed by atoms with E-state index in [-0.39, 0.29) is 45.1 Å². The van der Waals surface area contributed by atoms with E-state index in [2.05, 4.69) is 6.58 Å². The van der Waals surface area contributed by atoms with E-state index >= 15 is 0 Å². The van der Waals surface area contributed by atoms with Crippen LogP contribution in [0.1, 0.15) is 24.2 Å². The number of ether oxygens (including phenoxy) is 2. The van der Waals surface area contributed by atoms with Gasteiger partial charge in [0.25, 0.3) is 0 Å². The predicted octanol–water partition coefficient (Wildman–Crippen LogP) is 3.91. The molecule has 1 N–H and O–H groups in total. The Labute approximate surface area is 190 Å². The number of rotatable bonds is 9. The number of fused-ring (bicyclic) bond motifs is 1. The van der Waals surface area contributed by atoms with Crippen LogP contribution in [0.15, 0.2) is 47.6 Å². The average Bonchev–Trinajstić information content (AvgIpc) is 3.25. The molecule has 10 heteroatoms. The van der Waals surface area contributed by atoms with Crippen molar-refractivity contribution in [2.75, 3.05) is 31.7 Å². The van der Waals surface area contributed by atoms with Gasteiger partial charge in [0.2, 0.25) is 5.91 Å². The second-order valence-corrected chi connectivity index (χ2v) is 7.69. The van der Waals surface area contributed by atoms with Gasteiger partial charge in [-0.25, -0.2) is 0 Å². The summed E-state index contributed by atoms with van der Waals surface area (Å²) in [5.41, 5.74) is 1.13. The zero-order chi connectivity index (χ0) is 24.0. The number of amides is 1. The fourth-order valence-corrected chi connectivity index (χ4v) is 3.80. The first-order valence-electron chi connectivity index (χ1n) is 10.4. The molecule has 0 saturated carbocycles. The summed E-state index contributed by atoms with van der Waals surface area (Å²) in [6.45, 7) is 3.99. The highest BCUT2D eigenvalue weighted by molar-refractivity contribution is 5.79. The van der Waals surface area contributed by atoms with E-state index in [1.807, 2.05) is 0 Å². The Kier molecular flexibility index (Phi) is 7.91. The van der Waals surface area contributed by atoms with Crippen molar-refractivity contribution in [3.05, 3.63) is 54.5 Å². The molecule has 33 heavy (non-hydrogen) atoms. The van der Waals surface area contributed by atoms with Crippen LogP contribution in [-0.4, -0.2) is 55.0 Å². The van der Waals surface area contributed by atoms with Crippen LogP contribution < -0.4 is 14.4 Å². The Morgan fingerprint density at radius 3 is 2.73 bits per heavy atom. The zero-order valence-electron chi connectivity index (χ0n) is 18.3. The lowest BCUT2D eigenvalue weighted by molar-refractivity contribution is -0.152. The molecule has 180 valence electrons. The molecule has 1 aliphatic rings. The molecular weight excluding hydrogens is 441 g/mol. The van der Waals surface area contributed by atoms with E-state index in [4.69, 9.17) is 13.9 Å². The predicted molar refractivity (Wildman–Crippen MR) is 115 cm³/mol. The topological polar surface area (TPSA) is 75.4 Å². The molecule has 0 fully saturated rings. The van der Waals surface area contributed by atoms with Crippen molar-refractivity contribution in [2.45, 2.75) is 38.2 Å². The lowest BCUT2D eigenvalue weighted by Crippen LogP contribution is -2.41. The summed E-state index contributed by atoms with van der Waals surface area (Å²) in [6.07, 6.45) is -4.35. The number of furan rings is 1. The summed E-state index contributed by atoms with van der Waals surface area (Å²) in [5.74, 6) is 1.17. The van der Waals surface area contributed by atoms with Crippen LogP contribution in [-0.2, 0) is 17.9 Å². The van der Waals surface area contributed by atoms with Crippen molar-refractivity contribution in [2.24, 2.45) is 0 Å². The lowest BCUT2D eigenvalue weighted by atomic mass is 10.0. The van der Waals surface area contributed by atoms with Gasteiger partial charge in [-0.15, -0.1) is 0 Å². The molecular formula is C23H27F3N2O5. The molecule has 2 heterocycles. The highest BCUT2D eigenvalue weighted by Gasteiger charge is 2.34. The third-order valence-electron chi connectivity index (χ3n) is 5.23. The van der Waals surface area contributed by atoms with Gasteiger partial charge < -0.3 is 28.8 Å². The molecule has 0 aliphatic carbocycles. The Hall–Kier alpha value is -3.14. The van der Waals surface area contributed by atoms with Crippen LogP contribution in [0.2, 0.25) is 0 Å². The Balaban J connectivity index is 2.01. The van der Waals surface area contributed by atoms with Crippen LogP contribution in [0.3, 0.4) is 0 Å². The van der Waals surface area contributed by atoms with E-state index in [1.165, 1.54) is 13.4 Å². The Bertz CT molecular complexity index is 946. The van der Waals surface area contributed by atoms with Crippen LogP contribution in [0, 0.1) is 0 Å². The number of aliphatic hydroxyl groups excluding tert-OH is 1. The summed E-state index contributed by atoms with van der Waals surface area (Å²) in [5, 5.41) is 10.1. The number of halogens is 3. The van der Waals surface area contributed by atoms with Gasteiger partial charge in [-0.3, -0.25) is 4.79 Å². The number of hydrogen-bond acceptors (Lipinski definition) is 6. The van der Waals surface area contributed by atoms with Gasteiger partial charge in [0, 0.05) is 30.8 Å². The summed E-state index contributed by atoms with van der Waals surface area (Å²) in [7, 11) is 1.47. The van der Waals surface area contributed by atoms with Crippen molar-refractivity contribution < 1.29 is 37.0 Å². The van der Waals surface area contributed by atoms with Crippen LogP contribution in [0.5, 0.6) is 11.5 Å². The average molecular weight is 468 g/mol. The Morgan fingerprint density at radius 1 is 1.30 bits per heavy atom. The lowest BCUT2D eigenvalue weighted by Gasteiger charge is -2.35. The smallest absolute Gasteiger partial charge is 0.391 e. The minimum absolute atomic E-state index is 0.0633. The van der Waals surface area contributed by atoms with Gasteiger partial charge in [0.05, 0.1) is 39.0 Å². The number of alkyl halides is 3. The number of hydrogen-bond donors (Lipinski definition) is 1. The van der Waals surface area contributed by atoms with Gasteiger partial charge in [-0.05, 0) is 24.3 Å². The van der Waals surface area contributed by atoms with Crippen LogP contribution >= 0.6 is 0 Å². The van der Waals surface area contributed by atoms with Gasteiger partial charge in [-0.1, -0.05) is 12.7 Å². The molecule has 1 aromatic heterocycles. The molecule has 1 atom stereocenters. The molecule has 1 amide bonds. The number of benzene rings is 1. The number of β-amino-alcohol motifs (C(OH)–C–C–N with tert-alkyl or cyclic N) is 1. The number of anilines is 1. The molecule has 1 aromatic carbocycles. The van der Waals surface area contributed by atoms with Crippen molar-refractivity contribution in [3.63, 3.8) is 0 Å². The molecule has 1 aliphatic heterocycles. The highest BCUT2D eigenvalue weighted by Crippen LogP contribution is 2.40. The van der Waals surface area contributed by atoms with Gasteiger partial charge in [0.1, 0.15) is 12.4 Å². The van der Waals surface area contributed by atoms with E-state index in [0.29, 0.717) is 28.5 Å². The largest absolute Gasteiger partial charge is 0.493 e. The van der Waals surface area contributed by atoms with Crippen molar-refractivity contribution in [1.82, 2.24) is 4.90 Å². The maximum atomic E-state index is 13.0. The van der Waals surface area contributed by atoms with E-state index < -0.39 is 18.7 Å². The third-order valence-corrected chi connectivity index (χ3v) is 5.23. The number of carbonyl (C=O) groups is 1. The molecule has 1 unspecified atom stereocenters. The summed E-state index contributed by atoms with van der Waals surface area (Å²) >= 11 is 0. The van der Waals surface area contributed by atoms with Crippen LogP contribution in [0.4, 0.5) is 18.9 Å². The fourth-order valence-electron chi connectivity index (χ4n) is 3.80. The SMILES string of the molecule is C=CCOc1c(OC)ccc2c1CN(Cc1ccco1)C(=O)CCN2CC(O)CC(F)(F)F. The van der Waals surface area contributed by atoms with Crippen molar-refractivity contribution >= 4 is 11.6 Å². The standard InChI is InChI=1S/C23H27F3N2O5/c1-3-10-33-22-18-15-28(14-17-5-4-11-32-17)21(30)8-9-27(13-16(29)12-23(24,25)26)19(18)6-7-20(22)31-2/h3-7,11,16,29H,1,8-10,12-15H2,2H3. The Morgan fingerprint density at radius 2 is 2.09 bits per heavy atom. The summed E-state index contributed by atoms with van der Waals surface area (Å²) in [4.78, 5) is 16.2. The molecule has 0 spiro atoms. The quantitative estimate of drug-likeness (QED) is 0.563. The molecule has 0 bridgehead atoms. The first kappa shape index (κ1) is 24.5. The highest BCUT2D eigenvalue weighted by atomic mass is 19.4. The second kappa shape index (κ2) is 10.7. The van der Waals surface area contributed by atoms with E-state index in [9.17, 15) is 23.1 Å². The minimum atomic E-state index is -4.50. The van der Waals surface area contributed by atoms with E-state index in [0.717, 1.165) is 0 Å². The van der Waals surface area contributed by atoms with Gasteiger partial charge in [-0.2, -0.15) is 13.2 Å². The maximum absolute atomic E-state index is 13.0. The van der Waals surface area contributed by atoms with Crippen LogP contribution in [0.25, 0.3) is 0 Å². The fraction of sp³-hybridized carbons (Fsp3) is 0.435. The second-order valence-electron chi connectivity index (χ2n) is 7.69. The molecule has 7 nitrogen and oxygen atoms in total. The van der Waals surface area contributed by atoms with Crippen molar-refractivity contribution in [1.29, 1.82) is 0 Å². The molecule has 2 aromatic rings. The zero-order valence-corrected chi connectivity index (χ0v) is 18.3. The molecule has 0 saturated heterocycles. The minimum Gasteiger partial charge on any atom is -0.493 e. The number of nitrogens with zero attached hydrogens (tertiary/aromatic N) is 2. The third kappa shape index (κ3) is 6.44. The summed E-state index contributed by atoms with van der Waals surface area (Å²) in [6, 6.07) is 6.84. The molecule has 0 radical (unpaired) electrons. The normalized spacial score (nSPS) is 15.5. The number of methoxy groups -OCH3 is 1. The van der Waals surface area contributed by atoms with Gasteiger partial charge >= 0.3 is 6.18 Å². The first-order chi connectivity index (χ1) is 15.7. The number of carbonyl (C=O) groups excluding carboxylic acids is 1. The number of aliphatic hydroxyl groups is 1. The van der Waals surface area contributed by atoms with Gasteiger partial charge in [0.15, 0.2) is 11.5 Å². The maximum Gasteiger partial charge on any atom is 0.391 e. The molecule has 3 rings (SSSR count). The van der Waals surface area contributed by atoms with Crippen molar-refractivity contribution in [3.8, 4) is 11.5 Å². The first-order valence-corrected chi connectivity index (χ1v) is 10.4. The van der Waals surface area contributed by atoms with E-state index in [1.54, 1.807) is 40.1 Å². The monoisotopic (exact) mass is 468 g/mol. The summed E-state index contributed by atoms with van der Waals surface area (Å²) < 4.78 is 55.1.